The molecule has 1 aromatic heterocycles. The molecular weight excluding hydrogens is 412 g/mol. The number of Topliss-reactive ketones (excluding diaryl/α,β-unsaturated/α-hetero) is 1. The minimum absolute atomic E-state index is 0.0953. The van der Waals surface area contributed by atoms with Crippen LogP contribution in [0.5, 0.6) is 0 Å². The second kappa shape index (κ2) is 8.36. The number of aliphatic hydroxyl groups excluding tert-OH is 1. The number of rotatable bonds is 4. The zero-order valence-corrected chi connectivity index (χ0v) is 18.1. The van der Waals surface area contributed by atoms with Crippen LogP contribution in [-0.4, -0.2) is 26.7 Å². The van der Waals surface area contributed by atoms with Crippen molar-refractivity contribution in [3.05, 3.63) is 119 Å². The Kier molecular flexibility index (Phi) is 5.23. The van der Waals surface area contributed by atoms with Gasteiger partial charge in [-0.15, -0.1) is 0 Å². The first kappa shape index (κ1) is 20.6. The van der Waals surface area contributed by atoms with Crippen molar-refractivity contribution in [2.75, 3.05) is 0 Å². The smallest absolute Gasteiger partial charge is 0.296 e. The van der Waals surface area contributed by atoms with Crippen molar-refractivity contribution < 1.29 is 14.7 Å². The Balaban J connectivity index is 1.72. The summed E-state index contributed by atoms with van der Waals surface area (Å²) in [6, 6.07) is 25.6. The third-order valence-corrected chi connectivity index (χ3v) is 6.00. The average molecular weight is 434 g/mol. The second-order valence-electron chi connectivity index (χ2n) is 8.19. The standard InChI is InChI=1S/C28H22N2O3/c1-18-8-6-11-20(16-18)25-24(26(31)23-14-7-10-19-9-2-3-13-22(19)23)27(32)28(33)30(25)17-21-12-4-5-15-29-21/h2-16,25,31H,17H2,1H3/b26-24-. The molecule has 1 aliphatic rings. The normalized spacial score (nSPS) is 17.6. The molecule has 1 atom stereocenters. The van der Waals surface area contributed by atoms with Gasteiger partial charge in [0.1, 0.15) is 5.76 Å². The first-order valence-corrected chi connectivity index (χ1v) is 10.8. The van der Waals surface area contributed by atoms with Crippen LogP contribution < -0.4 is 0 Å². The zero-order chi connectivity index (χ0) is 22.9. The lowest BCUT2D eigenvalue weighted by Crippen LogP contribution is -2.29. The molecule has 162 valence electrons. The summed E-state index contributed by atoms with van der Waals surface area (Å²) in [6.07, 6.45) is 1.66. The number of aromatic nitrogens is 1. The van der Waals surface area contributed by atoms with Crippen LogP contribution in [0.25, 0.3) is 16.5 Å². The molecule has 33 heavy (non-hydrogen) atoms. The van der Waals surface area contributed by atoms with E-state index in [2.05, 4.69) is 4.98 Å². The fourth-order valence-electron chi connectivity index (χ4n) is 4.47. The first-order chi connectivity index (χ1) is 16.0. The Labute approximate surface area is 191 Å². The number of ketones is 1. The number of hydrogen-bond donors (Lipinski definition) is 1. The van der Waals surface area contributed by atoms with Gasteiger partial charge < -0.3 is 10.0 Å². The van der Waals surface area contributed by atoms with E-state index in [0.717, 1.165) is 21.9 Å². The van der Waals surface area contributed by atoms with E-state index in [1.54, 1.807) is 18.3 Å². The summed E-state index contributed by atoms with van der Waals surface area (Å²) < 4.78 is 0. The van der Waals surface area contributed by atoms with Crippen molar-refractivity contribution >= 4 is 28.2 Å². The number of amides is 1. The lowest BCUT2D eigenvalue weighted by molar-refractivity contribution is -0.140. The molecule has 1 unspecified atom stereocenters. The maximum absolute atomic E-state index is 13.3. The summed E-state index contributed by atoms with van der Waals surface area (Å²) in [5.41, 5.74) is 3.06. The van der Waals surface area contributed by atoms with Gasteiger partial charge in [-0.3, -0.25) is 14.6 Å². The summed E-state index contributed by atoms with van der Waals surface area (Å²) in [5, 5.41) is 13.2. The highest BCUT2D eigenvalue weighted by Crippen LogP contribution is 2.41. The topological polar surface area (TPSA) is 70.5 Å². The van der Waals surface area contributed by atoms with Crippen molar-refractivity contribution in [2.45, 2.75) is 19.5 Å². The number of likely N-dealkylation sites (tertiary alicyclic amines) is 1. The zero-order valence-electron chi connectivity index (χ0n) is 18.1. The molecule has 2 heterocycles. The number of aryl methyl sites for hydroxylation is 1. The molecule has 5 nitrogen and oxygen atoms in total. The van der Waals surface area contributed by atoms with E-state index in [0.29, 0.717) is 11.3 Å². The van der Waals surface area contributed by atoms with Crippen molar-refractivity contribution in [1.82, 2.24) is 9.88 Å². The molecule has 5 rings (SSSR count). The molecule has 1 amide bonds. The highest BCUT2D eigenvalue weighted by Gasteiger charge is 2.46. The first-order valence-electron chi connectivity index (χ1n) is 10.8. The van der Waals surface area contributed by atoms with Gasteiger partial charge >= 0.3 is 0 Å². The van der Waals surface area contributed by atoms with Crippen LogP contribution in [0.3, 0.4) is 0 Å². The fourth-order valence-corrected chi connectivity index (χ4v) is 4.47. The molecule has 1 saturated heterocycles. The lowest BCUT2D eigenvalue weighted by atomic mass is 9.92. The summed E-state index contributed by atoms with van der Waals surface area (Å²) in [7, 11) is 0. The maximum atomic E-state index is 13.3. The molecule has 0 aliphatic carbocycles. The van der Waals surface area contributed by atoms with E-state index in [9.17, 15) is 14.7 Å². The van der Waals surface area contributed by atoms with E-state index in [4.69, 9.17) is 0 Å². The van der Waals surface area contributed by atoms with Crippen LogP contribution in [0.2, 0.25) is 0 Å². The maximum Gasteiger partial charge on any atom is 0.296 e. The Morgan fingerprint density at radius 3 is 2.48 bits per heavy atom. The third kappa shape index (κ3) is 3.68. The van der Waals surface area contributed by atoms with Gasteiger partial charge in [0.05, 0.1) is 23.9 Å². The summed E-state index contributed by atoms with van der Waals surface area (Å²) in [5.74, 6) is -1.50. The molecule has 3 aromatic carbocycles. The molecule has 0 bridgehead atoms. The van der Waals surface area contributed by atoms with Crippen molar-refractivity contribution in [3.63, 3.8) is 0 Å². The van der Waals surface area contributed by atoms with Gasteiger partial charge in [-0.1, -0.05) is 78.4 Å². The van der Waals surface area contributed by atoms with E-state index in [1.807, 2.05) is 79.7 Å². The van der Waals surface area contributed by atoms with Crippen LogP contribution in [0.15, 0.2) is 96.7 Å². The van der Waals surface area contributed by atoms with Gasteiger partial charge in [0.2, 0.25) is 0 Å². The quantitative estimate of drug-likeness (QED) is 0.273. The van der Waals surface area contributed by atoms with E-state index in [-0.39, 0.29) is 17.9 Å². The lowest BCUT2D eigenvalue weighted by Gasteiger charge is -2.25. The molecule has 0 spiro atoms. The number of carbonyl (C=O) groups excluding carboxylic acids is 2. The van der Waals surface area contributed by atoms with E-state index < -0.39 is 17.7 Å². The average Bonchev–Trinajstić information content (AvgIpc) is 3.09. The summed E-state index contributed by atoms with van der Waals surface area (Å²) in [6.45, 7) is 2.12. The Morgan fingerprint density at radius 2 is 1.70 bits per heavy atom. The monoisotopic (exact) mass is 434 g/mol. The van der Waals surface area contributed by atoms with E-state index >= 15 is 0 Å². The molecule has 1 fully saturated rings. The van der Waals surface area contributed by atoms with Crippen LogP contribution in [-0.2, 0) is 16.1 Å². The highest BCUT2D eigenvalue weighted by atomic mass is 16.3. The largest absolute Gasteiger partial charge is 0.507 e. The molecule has 0 radical (unpaired) electrons. The van der Waals surface area contributed by atoms with Gasteiger partial charge in [0, 0.05) is 11.8 Å². The number of aliphatic hydroxyl groups is 1. The number of carbonyl (C=O) groups is 2. The number of benzene rings is 3. The fraction of sp³-hybridized carbons (Fsp3) is 0.107. The van der Waals surface area contributed by atoms with Gasteiger partial charge in [-0.25, -0.2) is 0 Å². The van der Waals surface area contributed by atoms with Crippen molar-refractivity contribution in [2.24, 2.45) is 0 Å². The van der Waals surface area contributed by atoms with Crippen LogP contribution in [0.1, 0.15) is 28.4 Å². The molecule has 4 aromatic rings. The number of hydrogen-bond acceptors (Lipinski definition) is 4. The molecule has 1 N–H and O–H groups in total. The van der Waals surface area contributed by atoms with Crippen LogP contribution in [0.4, 0.5) is 0 Å². The van der Waals surface area contributed by atoms with Crippen molar-refractivity contribution in [1.29, 1.82) is 0 Å². The predicted molar refractivity (Wildman–Crippen MR) is 127 cm³/mol. The Bertz CT molecular complexity index is 1400. The minimum Gasteiger partial charge on any atom is -0.507 e. The molecule has 1 aliphatic heterocycles. The van der Waals surface area contributed by atoms with Gasteiger partial charge in [0.15, 0.2) is 0 Å². The van der Waals surface area contributed by atoms with Crippen LogP contribution in [0, 0.1) is 6.92 Å². The van der Waals surface area contributed by atoms with Gasteiger partial charge in [-0.2, -0.15) is 0 Å². The Morgan fingerprint density at radius 1 is 0.939 bits per heavy atom. The molecular formula is C28H22N2O3. The molecule has 5 heteroatoms. The van der Waals surface area contributed by atoms with Crippen LogP contribution >= 0.6 is 0 Å². The predicted octanol–water partition coefficient (Wildman–Crippen LogP) is 5.17. The summed E-state index contributed by atoms with van der Waals surface area (Å²) >= 11 is 0. The SMILES string of the molecule is Cc1cccc(C2/C(=C(/O)c3cccc4ccccc34)C(=O)C(=O)N2Cc2ccccn2)c1. The number of pyridine rings is 1. The Hall–Kier alpha value is -4.25. The number of fused-ring (bicyclic) bond motifs is 1. The second-order valence-corrected chi connectivity index (χ2v) is 8.19. The highest BCUT2D eigenvalue weighted by molar-refractivity contribution is 6.46. The molecule has 0 saturated carbocycles. The number of nitrogens with zero attached hydrogens (tertiary/aromatic N) is 2. The third-order valence-electron chi connectivity index (χ3n) is 6.00. The summed E-state index contributed by atoms with van der Waals surface area (Å²) in [4.78, 5) is 32.3. The van der Waals surface area contributed by atoms with E-state index in [1.165, 1.54) is 4.90 Å². The van der Waals surface area contributed by atoms with Gasteiger partial charge in [-0.05, 0) is 35.4 Å². The minimum atomic E-state index is -0.717. The van der Waals surface area contributed by atoms with Crippen molar-refractivity contribution in [3.8, 4) is 0 Å². The van der Waals surface area contributed by atoms with Gasteiger partial charge in [0.25, 0.3) is 11.7 Å².